The Morgan fingerprint density at radius 1 is 1.29 bits per heavy atom. The third kappa shape index (κ3) is 2.65. The molecule has 1 saturated carbocycles. The molecule has 0 bridgehead atoms. The summed E-state index contributed by atoms with van der Waals surface area (Å²) in [6.45, 7) is 2.40. The van der Waals surface area contributed by atoms with E-state index in [1.165, 1.54) is 19.3 Å². The van der Waals surface area contributed by atoms with Crippen molar-refractivity contribution >= 4 is 0 Å². The lowest BCUT2D eigenvalue weighted by Gasteiger charge is -2.51. The molecule has 0 aromatic heterocycles. The summed E-state index contributed by atoms with van der Waals surface area (Å²) >= 11 is 0. The zero-order valence-electron chi connectivity index (χ0n) is 11.4. The zero-order valence-corrected chi connectivity index (χ0v) is 11.4. The molecule has 2 atom stereocenters. The predicted molar refractivity (Wildman–Crippen MR) is 68.1 cm³/mol. The normalized spacial score (nSPS) is 32.8. The van der Waals surface area contributed by atoms with E-state index in [-0.39, 0.29) is 12.1 Å². The summed E-state index contributed by atoms with van der Waals surface area (Å²) in [4.78, 5) is 4.64. The quantitative estimate of drug-likeness (QED) is 0.781. The molecule has 1 heterocycles. The van der Waals surface area contributed by atoms with Gasteiger partial charge >= 0.3 is 0 Å². The van der Waals surface area contributed by atoms with E-state index in [2.05, 4.69) is 30.9 Å². The lowest BCUT2D eigenvalue weighted by molar-refractivity contribution is -0.0742. The van der Waals surface area contributed by atoms with Crippen LogP contribution < -0.4 is 0 Å². The van der Waals surface area contributed by atoms with Crippen LogP contribution >= 0.6 is 0 Å². The van der Waals surface area contributed by atoms with Crippen LogP contribution in [0.15, 0.2) is 0 Å². The van der Waals surface area contributed by atoms with Gasteiger partial charge in [0.2, 0.25) is 0 Å². The van der Waals surface area contributed by atoms with Crippen molar-refractivity contribution in [2.45, 2.75) is 43.4 Å². The monoisotopic (exact) mass is 242 g/mol. The third-order valence-corrected chi connectivity index (χ3v) is 4.63. The first-order valence-electron chi connectivity index (χ1n) is 6.69. The average molecular weight is 242 g/mol. The molecule has 2 rings (SSSR count). The summed E-state index contributed by atoms with van der Waals surface area (Å²) in [5.41, 5.74) is 0.325. The molecule has 1 aliphatic carbocycles. The maximum Gasteiger partial charge on any atom is 0.0739 e. The molecule has 2 fully saturated rings. The van der Waals surface area contributed by atoms with E-state index in [0.29, 0.717) is 18.8 Å². The number of hydrogen-bond acceptors (Lipinski definition) is 4. The van der Waals surface area contributed by atoms with Gasteiger partial charge in [-0.1, -0.05) is 0 Å². The smallest absolute Gasteiger partial charge is 0.0739 e. The van der Waals surface area contributed by atoms with Gasteiger partial charge in [-0.05, 0) is 46.8 Å². The second-order valence-electron chi connectivity index (χ2n) is 5.89. The molecule has 2 unspecified atom stereocenters. The van der Waals surface area contributed by atoms with Crippen molar-refractivity contribution in [3.8, 4) is 0 Å². The molecule has 0 aromatic rings. The number of aliphatic hydroxyl groups is 1. The molecule has 0 aromatic carbocycles. The van der Waals surface area contributed by atoms with E-state index in [1.807, 2.05) is 0 Å². The number of ether oxygens (including phenoxy) is 1. The second-order valence-corrected chi connectivity index (χ2v) is 5.89. The first-order valence-corrected chi connectivity index (χ1v) is 6.69. The van der Waals surface area contributed by atoms with E-state index in [9.17, 15) is 5.11 Å². The molecular weight excluding hydrogens is 216 g/mol. The van der Waals surface area contributed by atoms with Crippen molar-refractivity contribution < 1.29 is 9.84 Å². The van der Waals surface area contributed by atoms with Crippen molar-refractivity contribution in [2.24, 2.45) is 0 Å². The largest absolute Gasteiger partial charge is 0.391 e. The zero-order chi connectivity index (χ0) is 12.5. The Hall–Kier alpha value is -0.160. The minimum absolute atomic E-state index is 0.168. The van der Waals surface area contributed by atoms with Crippen molar-refractivity contribution in [2.75, 3.05) is 40.9 Å². The first kappa shape index (κ1) is 13.3. The van der Waals surface area contributed by atoms with E-state index < -0.39 is 0 Å². The minimum Gasteiger partial charge on any atom is -0.391 e. The van der Waals surface area contributed by atoms with Gasteiger partial charge in [0, 0.05) is 18.7 Å². The Bertz CT molecular complexity index is 254. The number of hydrogen-bond donors (Lipinski definition) is 1. The van der Waals surface area contributed by atoms with Crippen LogP contribution in [0.2, 0.25) is 0 Å². The number of nitrogens with zero attached hydrogens (tertiary/aromatic N) is 2. The fourth-order valence-corrected chi connectivity index (χ4v) is 3.05. The highest BCUT2D eigenvalue weighted by molar-refractivity contribution is 4.99. The van der Waals surface area contributed by atoms with E-state index in [1.54, 1.807) is 0 Å². The molecule has 0 radical (unpaired) electrons. The first-order chi connectivity index (χ1) is 8.05. The maximum atomic E-state index is 10.0. The topological polar surface area (TPSA) is 35.9 Å². The SMILES string of the molecule is CN(CC1(N(C)C)CCC1)C1COCCC1O. The van der Waals surface area contributed by atoms with Crippen molar-refractivity contribution in [1.29, 1.82) is 0 Å². The van der Waals surface area contributed by atoms with Crippen LogP contribution in [0.1, 0.15) is 25.7 Å². The predicted octanol–water partition coefficient (Wildman–Crippen LogP) is 0.552. The number of likely N-dealkylation sites (N-methyl/N-ethyl adjacent to an activating group) is 2. The van der Waals surface area contributed by atoms with E-state index in [4.69, 9.17) is 4.74 Å². The van der Waals surface area contributed by atoms with Crippen molar-refractivity contribution in [1.82, 2.24) is 9.80 Å². The minimum atomic E-state index is -0.229. The Morgan fingerprint density at radius 3 is 2.47 bits per heavy atom. The van der Waals surface area contributed by atoms with Crippen LogP contribution in [-0.4, -0.2) is 73.5 Å². The number of aliphatic hydroxyl groups excluding tert-OH is 1. The highest BCUT2D eigenvalue weighted by Crippen LogP contribution is 2.37. The molecule has 1 aliphatic heterocycles. The lowest BCUT2D eigenvalue weighted by Crippen LogP contribution is -2.60. The summed E-state index contributed by atoms with van der Waals surface area (Å²) in [5, 5.41) is 10.0. The molecule has 2 aliphatic rings. The fourth-order valence-electron chi connectivity index (χ4n) is 3.05. The summed E-state index contributed by atoms with van der Waals surface area (Å²) in [6, 6.07) is 0.168. The van der Waals surface area contributed by atoms with Crippen LogP contribution in [-0.2, 0) is 4.74 Å². The van der Waals surface area contributed by atoms with E-state index >= 15 is 0 Å². The van der Waals surface area contributed by atoms with Crippen LogP contribution in [0.25, 0.3) is 0 Å². The molecular formula is C13H26N2O2. The molecule has 100 valence electrons. The molecule has 0 amide bonds. The fraction of sp³-hybridized carbons (Fsp3) is 1.00. The number of rotatable bonds is 4. The summed E-state index contributed by atoms with van der Waals surface area (Å²) < 4.78 is 5.48. The third-order valence-electron chi connectivity index (χ3n) is 4.63. The van der Waals surface area contributed by atoms with Gasteiger partial charge in [-0.3, -0.25) is 4.90 Å². The molecule has 1 saturated heterocycles. The summed E-state index contributed by atoms with van der Waals surface area (Å²) in [7, 11) is 6.45. The van der Waals surface area contributed by atoms with Gasteiger partial charge in [0.1, 0.15) is 0 Å². The molecule has 4 nitrogen and oxygen atoms in total. The Labute approximate surface area is 105 Å². The van der Waals surface area contributed by atoms with Crippen LogP contribution in [0, 0.1) is 0 Å². The maximum absolute atomic E-state index is 10.0. The van der Waals surface area contributed by atoms with Gasteiger partial charge in [-0.15, -0.1) is 0 Å². The van der Waals surface area contributed by atoms with Gasteiger partial charge in [-0.2, -0.15) is 0 Å². The molecule has 4 heteroatoms. The van der Waals surface area contributed by atoms with Gasteiger partial charge in [0.15, 0.2) is 0 Å². The Kier molecular flexibility index (Phi) is 4.08. The highest BCUT2D eigenvalue weighted by Gasteiger charge is 2.41. The molecule has 1 N–H and O–H groups in total. The van der Waals surface area contributed by atoms with Crippen molar-refractivity contribution in [3.63, 3.8) is 0 Å². The second kappa shape index (κ2) is 5.22. The molecule has 0 spiro atoms. The summed E-state index contributed by atoms with van der Waals surface area (Å²) in [6.07, 6.45) is 4.41. The standard InChI is InChI=1S/C13H26N2O2/c1-14(2)13(6-4-7-13)10-15(3)11-9-17-8-5-12(11)16/h11-12,16H,4-10H2,1-3H3. The molecule has 17 heavy (non-hydrogen) atoms. The van der Waals surface area contributed by atoms with Crippen LogP contribution in [0.3, 0.4) is 0 Å². The van der Waals surface area contributed by atoms with Crippen molar-refractivity contribution in [3.05, 3.63) is 0 Å². The Morgan fingerprint density at radius 2 is 2.00 bits per heavy atom. The van der Waals surface area contributed by atoms with E-state index in [0.717, 1.165) is 13.0 Å². The van der Waals surface area contributed by atoms with Gasteiger partial charge in [-0.25, -0.2) is 0 Å². The van der Waals surface area contributed by atoms with Crippen LogP contribution in [0.5, 0.6) is 0 Å². The van der Waals surface area contributed by atoms with Gasteiger partial charge < -0.3 is 14.7 Å². The van der Waals surface area contributed by atoms with Crippen LogP contribution in [0.4, 0.5) is 0 Å². The highest BCUT2D eigenvalue weighted by atomic mass is 16.5. The van der Waals surface area contributed by atoms with Gasteiger partial charge in [0.05, 0.1) is 18.8 Å². The lowest BCUT2D eigenvalue weighted by atomic mass is 9.75. The van der Waals surface area contributed by atoms with Gasteiger partial charge in [0.25, 0.3) is 0 Å². The average Bonchev–Trinajstić information content (AvgIpc) is 2.23. The Balaban J connectivity index is 1.93. The summed E-state index contributed by atoms with van der Waals surface area (Å²) in [5.74, 6) is 0.